The van der Waals surface area contributed by atoms with Gasteiger partial charge in [-0.2, -0.15) is 11.8 Å². The SMILES string of the molecule is C=C(C1=CNC(N)C=C1)[C@@H](N)CCSC. The molecule has 0 aromatic carbocycles. The summed E-state index contributed by atoms with van der Waals surface area (Å²) in [4.78, 5) is 0. The molecular formula is C11H19N3S. The Balaban J connectivity index is 2.50. The second kappa shape index (κ2) is 6.00. The zero-order chi connectivity index (χ0) is 11.3. The van der Waals surface area contributed by atoms with Gasteiger partial charge in [0.15, 0.2) is 0 Å². The highest BCUT2D eigenvalue weighted by atomic mass is 32.2. The van der Waals surface area contributed by atoms with Crippen molar-refractivity contribution in [3.8, 4) is 0 Å². The number of allylic oxidation sites excluding steroid dienone is 1. The normalized spacial score (nSPS) is 21.8. The van der Waals surface area contributed by atoms with E-state index in [0.717, 1.165) is 23.3 Å². The van der Waals surface area contributed by atoms with Crippen molar-refractivity contribution in [2.24, 2.45) is 11.5 Å². The standard InChI is InChI=1S/C11H19N3S/c1-8(10(12)5-6-15-2)9-3-4-11(13)14-7-9/h3-4,7,10-11,14H,1,5-6,12-13H2,2H3/t10-,11?/m0/s1. The third kappa shape index (κ3) is 3.74. The summed E-state index contributed by atoms with van der Waals surface area (Å²) in [5.41, 5.74) is 13.7. The second-order valence-corrected chi connectivity index (χ2v) is 4.55. The van der Waals surface area contributed by atoms with E-state index < -0.39 is 0 Å². The molecule has 5 N–H and O–H groups in total. The number of nitrogens with one attached hydrogen (secondary N) is 1. The minimum Gasteiger partial charge on any atom is -0.372 e. The molecule has 0 bridgehead atoms. The highest BCUT2D eigenvalue weighted by Crippen LogP contribution is 2.17. The van der Waals surface area contributed by atoms with Crippen molar-refractivity contribution >= 4 is 11.8 Å². The molecule has 0 saturated heterocycles. The molecule has 15 heavy (non-hydrogen) atoms. The quantitative estimate of drug-likeness (QED) is 0.652. The average molecular weight is 225 g/mol. The number of hydrogen-bond acceptors (Lipinski definition) is 4. The van der Waals surface area contributed by atoms with Crippen molar-refractivity contribution in [1.82, 2.24) is 5.32 Å². The van der Waals surface area contributed by atoms with Gasteiger partial charge in [-0.3, -0.25) is 0 Å². The predicted octanol–water partition coefficient (Wildman–Crippen LogP) is 0.951. The maximum absolute atomic E-state index is 6.02. The molecule has 1 aliphatic rings. The van der Waals surface area contributed by atoms with Crippen LogP contribution in [-0.2, 0) is 0 Å². The molecule has 4 heteroatoms. The molecule has 0 spiro atoms. The van der Waals surface area contributed by atoms with Crippen molar-refractivity contribution < 1.29 is 0 Å². The molecule has 0 aromatic heterocycles. The molecule has 0 saturated carbocycles. The van der Waals surface area contributed by atoms with Crippen LogP contribution in [0.15, 0.2) is 36.1 Å². The summed E-state index contributed by atoms with van der Waals surface area (Å²) in [7, 11) is 0. The maximum atomic E-state index is 6.02. The van der Waals surface area contributed by atoms with Crippen LogP contribution in [0.1, 0.15) is 6.42 Å². The molecule has 0 aliphatic carbocycles. The topological polar surface area (TPSA) is 64.1 Å². The van der Waals surface area contributed by atoms with Gasteiger partial charge in [-0.15, -0.1) is 0 Å². The molecule has 0 radical (unpaired) electrons. The molecule has 2 atom stereocenters. The van der Waals surface area contributed by atoms with E-state index in [9.17, 15) is 0 Å². The fourth-order valence-corrected chi connectivity index (χ4v) is 1.82. The molecule has 84 valence electrons. The molecule has 3 nitrogen and oxygen atoms in total. The number of hydrogen-bond donors (Lipinski definition) is 3. The zero-order valence-electron chi connectivity index (χ0n) is 9.07. The van der Waals surface area contributed by atoms with E-state index in [1.54, 1.807) is 11.8 Å². The van der Waals surface area contributed by atoms with Crippen LogP contribution in [0.25, 0.3) is 0 Å². The molecule has 1 heterocycles. The Labute approximate surface area is 95.7 Å². The Morgan fingerprint density at radius 3 is 3.00 bits per heavy atom. The van der Waals surface area contributed by atoms with Crippen molar-refractivity contribution in [2.75, 3.05) is 12.0 Å². The fraction of sp³-hybridized carbons (Fsp3) is 0.455. The third-order valence-corrected chi connectivity index (χ3v) is 3.01. The third-order valence-electron chi connectivity index (χ3n) is 2.37. The number of nitrogens with two attached hydrogens (primary N) is 2. The Kier molecular flexibility index (Phi) is 4.94. The Bertz CT molecular complexity index is 284. The summed E-state index contributed by atoms with van der Waals surface area (Å²) in [6.07, 6.45) is 8.70. The summed E-state index contributed by atoms with van der Waals surface area (Å²) < 4.78 is 0. The van der Waals surface area contributed by atoms with Crippen molar-refractivity contribution in [3.05, 3.63) is 36.1 Å². The van der Waals surface area contributed by atoms with Crippen LogP contribution in [0.5, 0.6) is 0 Å². The molecule has 1 aliphatic heterocycles. The first-order valence-corrected chi connectivity index (χ1v) is 6.38. The monoisotopic (exact) mass is 225 g/mol. The first-order valence-electron chi connectivity index (χ1n) is 4.99. The minimum atomic E-state index is -0.0935. The van der Waals surface area contributed by atoms with E-state index in [1.807, 2.05) is 18.4 Å². The van der Waals surface area contributed by atoms with Gasteiger partial charge in [-0.25, -0.2) is 0 Å². The molecule has 0 fully saturated rings. The maximum Gasteiger partial charge on any atom is 0.0934 e. The largest absolute Gasteiger partial charge is 0.372 e. The van der Waals surface area contributed by atoms with Crippen molar-refractivity contribution in [2.45, 2.75) is 18.6 Å². The van der Waals surface area contributed by atoms with Gasteiger partial charge in [-0.1, -0.05) is 12.7 Å². The molecule has 0 aromatic rings. The van der Waals surface area contributed by atoms with Crippen LogP contribution in [0.2, 0.25) is 0 Å². The van der Waals surface area contributed by atoms with Gasteiger partial charge in [0.2, 0.25) is 0 Å². The Morgan fingerprint density at radius 2 is 2.47 bits per heavy atom. The fourth-order valence-electron chi connectivity index (χ4n) is 1.33. The van der Waals surface area contributed by atoms with Gasteiger partial charge in [0, 0.05) is 12.2 Å². The highest BCUT2D eigenvalue weighted by Gasteiger charge is 2.12. The molecule has 1 unspecified atom stereocenters. The molecule has 1 rings (SSSR count). The van der Waals surface area contributed by atoms with E-state index in [-0.39, 0.29) is 12.2 Å². The van der Waals surface area contributed by atoms with Gasteiger partial charge in [0.25, 0.3) is 0 Å². The predicted molar refractivity (Wildman–Crippen MR) is 68.4 cm³/mol. The van der Waals surface area contributed by atoms with Gasteiger partial charge in [0.1, 0.15) is 0 Å². The summed E-state index contributed by atoms with van der Waals surface area (Å²) in [6.45, 7) is 4.02. The van der Waals surface area contributed by atoms with E-state index in [2.05, 4.69) is 18.2 Å². The lowest BCUT2D eigenvalue weighted by Crippen LogP contribution is -2.34. The van der Waals surface area contributed by atoms with Gasteiger partial charge in [0.05, 0.1) is 6.17 Å². The molecular weight excluding hydrogens is 206 g/mol. The lowest BCUT2D eigenvalue weighted by molar-refractivity contribution is 0.710. The van der Waals surface area contributed by atoms with Crippen LogP contribution in [0, 0.1) is 0 Å². The first kappa shape index (κ1) is 12.4. The van der Waals surface area contributed by atoms with Crippen LogP contribution in [-0.4, -0.2) is 24.2 Å². The van der Waals surface area contributed by atoms with Crippen LogP contribution < -0.4 is 16.8 Å². The summed E-state index contributed by atoms with van der Waals surface area (Å²) >= 11 is 1.80. The minimum absolute atomic E-state index is 0.0319. The first-order chi connectivity index (χ1) is 7.15. The summed E-state index contributed by atoms with van der Waals surface area (Å²) in [5, 5.41) is 3.03. The number of thioether (sulfide) groups is 1. The van der Waals surface area contributed by atoms with Crippen LogP contribution in [0.3, 0.4) is 0 Å². The zero-order valence-corrected chi connectivity index (χ0v) is 9.89. The smallest absolute Gasteiger partial charge is 0.0934 e. The van der Waals surface area contributed by atoms with Gasteiger partial charge >= 0.3 is 0 Å². The Morgan fingerprint density at radius 1 is 1.73 bits per heavy atom. The summed E-state index contributed by atoms with van der Waals surface area (Å²) in [5.74, 6) is 1.06. The number of rotatable bonds is 5. The lowest BCUT2D eigenvalue weighted by Gasteiger charge is -2.19. The second-order valence-electron chi connectivity index (χ2n) is 3.56. The van der Waals surface area contributed by atoms with Crippen molar-refractivity contribution in [1.29, 1.82) is 0 Å². The van der Waals surface area contributed by atoms with E-state index in [4.69, 9.17) is 11.5 Å². The van der Waals surface area contributed by atoms with Crippen LogP contribution >= 0.6 is 11.8 Å². The van der Waals surface area contributed by atoms with Gasteiger partial charge < -0.3 is 16.8 Å². The van der Waals surface area contributed by atoms with E-state index >= 15 is 0 Å². The molecule has 0 amide bonds. The average Bonchev–Trinajstić information content (AvgIpc) is 2.26. The number of dihydropyridines is 1. The van der Waals surface area contributed by atoms with Crippen LogP contribution in [0.4, 0.5) is 0 Å². The lowest BCUT2D eigenvalue weighted by atomic mass is 9.98. The Hall–Kier alpha value is -0.710. The van der Waals surface area contributed by atoms with E-state index in [1.165, 1.54) is 0 Å². The summed E-state index contributed by atoms with van der Waals surface area (Å²) in [6, 6.07) is 0.0319. The van der Waals surface area contributed by atoms with Crippen molar-refractivity contribution in [3.63, 3.8) is 0 Å². The highest BCUT2D eigenvalue weighted by molar-refractivity contribution is 7.98. The van der Waals surface area contributed by atoms with E-state index in [0.29, 0.717) is 0 Å². The van der Waals surface area contributed by atoms with Gasteiger partial charge in [-0.05, 0) is 35.7 Å².